The minimum atomic E-state index is -3.62. The lowest BCUT2D eigenvalue weighted by molar-refractivity contribution is 0.508. The van der Waals surface area contributed by atoms with Gasteiger partial charge in [0.05, 0.1) is 15.9 Å². The summed E-state index contributed by atoms with van der Waals surface area (Å²) < 4.78 is 53.4. The van der Waals surface area contributed by atoms with E-state index in [2.05, 4.69) is 14.7 Å². The highest BCUT2D eigenvalue weighted by atomic mass is 32.2. The number of fused-ring (bicyclic) bond motifs is 1. The molecule has 0 aliphatic heterocycles. The zero-order chi connectivity index (χ0) is 21.3. The maximum atomic E-state index is 13.3. The second-order valence-electron chi connectivity index (χ2n) is 6.56. The van der Waals surface area contributed by atoms with Gasteiger partial charge < -0.3 is 4.98 Å². The van der Waals surface area contributed by atoms with Crippen molar-refractivity contribution in [1.29, 1.82) is 0 Å². The third-order valence-corrected chi connectivity index (χ3v) is 6.11. The molecular formula is C22H17F2N3O2S. The summed E-state index contributed by atoms with van der Waals surface area (Å²) in [6.07, 6.45) is 3.28. The normalized spacial score (nSPS) is 12.1. The molecule has 152 valence electrons. The summed E-state index contributed by atoms with van der Waals surface area (Å²) in [6, 6.07) is 15.8. The fourth-order valence-corrected chi connectivity index (χ4v) is 4.07. The van der Waals surface area contributed by atoms with Gasteiger partial charge in [-0.25, -0.2) is 26.9 Å². The monoisotopic (exact) mass is 425 g/mol. The number of benzene rings is 3. The Morgan fingerprint density at radius 3 is 2.53 bits per heavy atom. The zero-order valence-electron chi connectivity index (χ0n) is 15.9. The molecule has 30 heavy (non-hydrogen) atoms. The number of halogens is 2. The minimum absolute atomic E-state index is 0.181. The average Bonchev–Trinajstić information content (AvgIpc) is 3.16. The number of nitrogens with zero attached hydrogens (tertiary/aromatic N) is 1. The highest BCUT2D eigenvalue weighted by molar-refractivity contribution is 7.89. The zero-order valence-corrected chi connectivity index (χ0v) is 16.7. The molecule has 1 aromatic heterocycles. The molecule has 0 radical (unpaired) electrons. The lowest BCUT2D eigenvalue weighted by Crippen LogP contribution is -2.19. The number of H-pyrrole nitrogens is 1. The molecule has 5 nitrogen and oxygen atoms in total. The molecule has 8 heteroatoms. The molecule has 0 amide bonds. The van der Waals surface area contributed by atoms with Crippen LogP contribution in [0.4, 0.5) is 8.78 Å². The number of aromatic amines is 1. The number of imidazole rings is 1. The highest BCUT2D eigenvalue weighted by Gasteiger charge is 2.17. The van der Waals surface area contributed by atoms with E-state index in [9.17, 15) is 17.2 Å². The molecule has 0 saturated carbocycles. The van der Waals surface area contributed by atoms with E-state index < -0.39 is 21.7 Å². The lowest BCUT2D eigenvalue weighted by atomic mass is 10.1. The molecule has 1 heterocycles. The quantitative estimate of drug-likeness (QED) is 0.491. The standard InChI is InChI=1S/C22H17F2N3O2S/c1-25-30(28,29)21-5-3-2-4-16(21)15-8-10-19-20(13-15)27-22(26-19)11-7-14-6-9-17(23)18(24)12-14/h2-13,25H,1H3,(H,26,27)/b11-7+. The van der Waals surface area contributed by atoms with Gasteiger partial charge in [0.15, 0.2) is 11.6 Å². The summed E-state index contributed by atoms with van der Waals surface area (Å²) in [5, 5.41) is 0. The lowest BCUT2D eigenvalue weighted by Gasteiger charge is -2.09. The molecule has 0 bridgehead atoms. The fourth-order valence-electron chi connectivity index (χ4n) is 3.11. The molecule has 0 atom stereocenters. The van der Waals surface area contributed by atoms with Crippen molar-refractivity contribution in [3.63, 3.8) is 0 Å². The van der Waals surface area contributed by atoms with Gasteiger partial charge in [0.25, 0.3) is 0 Å². The first-order chi connectivity index (χ1) is 14.4. The van der Waals surface area contributed by atoms with Gasteiger partial charge in [-0.2, -0.15) is 0 Å². The molecule has 4 rings (SSSR count). The summed E-state index contributed by atoms with van der Waals surface area (Å²) in [6.45, 7) is 0. The Bertz CT molecular complexity index is 1380. The Kier molecular flexibility index (Phi) is 5.19. The SMILES string of the molecule is CNS(=O)(=O)c1ccccc1-c1ccc2[nH]c(/C=C/c3ccc(F)c(F)c3)nc2c1. The summed E-state index contributed by atoms with van der Waals surface area (Å²) in [4.78, 5) is 7.80. The van der Waals surface area contributed by atoms with Crippen molar-refractivity contribution in [1.82, 2.24) is 14.7 Å². The van der Waals surface area contributed by atoms with Crippen molar-refractivity contribution in [3.05, 3.63) is 83.7 Å². The molecule has 0 spiro atoms. The number of aromatic nitrogens is 2. The van der Waals surface area contributed by atoms with Crippen molar-refractivity contribution >= 4 is 33.2 Å². The Morgan fingerprint density at radius 1 is 0.967 bits per heavy atom. The predicted octanol–water partition coefficient (Wildman–Crippen LogP) is 4.59. The maximum Gasteiger partial charge on any atom is 0.240 e. The van der Waals surface area contributed by atoms with Crippen molar-refractivity contribution in [2.75, 3.05) is 7.05 Å². The first-order valence-electron chi connectivity index (χ1n) is 9.03. The molecule has 4 aromatic rings. The number of hydrogen-bond acceptors (Lipinski definition) is 3. The Hall–Kier alpha value is -3.36. The van der Waals surface area contributed by atoms with E-state index in [1.54, 1.807) is 42.5 Å². The van der Waals surface area contributed by atoms with Crippen LogP contribution in [0.25, 0.3) is 34.3 Å². The van der Waals surface area contributed by atoms with Crippen LogP contribution in [0.1, 0.15) is 11.4 Å². The van der Waals surface area contributed by atoms with E-state index in [4.69, 9.17) is 0 Å². The van der Waals surface area contributed by atoms with Gasteiger partial charge in [0.2, 0.25) is 10.0 Å². The minimum Gasteiger partial charge on any atom is -0.338 e. The van der Waals surface area contributed by atoms with Crippen LogP contribution in [0, 0.1) is 11.6 Å². The van der Waals surface area contributed by atoms with Gasteiger partial charge in [0, 0.05) is 5.56 Å². The highest BCUT2D eigenvalue weighted by Crippen LogP contribution is 2.29. The average molecular weight is 425 g/mol. The van der Waals surface area contributed by atoms with E-state index in [1.165, 1.54) is 13.1 Å². The number of nitrogens with one attached hydrogen (secondary N) is 2. The summed E-state index contributed by atoms with van der Waals surface area (Å²) in [5.41, 5.74) is 3.18. The van der Waals surface area contributed by atoms with E-state index in [1.807, 2.05) is 12.1 Å². The van der Waals surface area contributed by atoms with Gasteiger partial charge in [0.1, 0.15) is 5.82 Å². The van der Waals surface area contributed by atoms with Crippen LogP contribution in [-0.4, -0.2) is 25.4 Å². The van der Waals surface area contributed by atoms with Crippen LogP contribution in [0.2, 0.25) is 0 Å². The maximum absolute atomic E-state index is 13.3. The number of sulfonamides is 1. The summed E-state index contributed by atoms with van der Waals surface area (Å²) in [7, 11) is -2.25. The van der Waals surface area contributed by atoms with E-state index in [0.717, 1.165) is 17.6 Å². The third kappa shape index (κ3) is 3.87. The topological polar surface area (TPSA) is 74.8 Å². The van der Waals surface area contributed by atoms with Crippen LogP contribution in [0.5, 0.6) is 0 Å². The van der Waals surface area contributed by atoms with E-state index in [0.29, 0.717) is 28.0 Å². The fraction of sp³-hybridized carbons (Fsp3) is 0.0455. The Balaban J connectivity index is 1.70. The number of hydrogen-bond donors (Lipinski definition) is 2. The molecule has 0 aliphatic carbocycles. The largest absolute Gasteiger partial charge is 0.338 e. The first-order valence-corrected chi connectivity index (χ1v) is 10.5. The third-order valence-electron chi connectivity index (χ3n) is 4.63. The van der Waals surface area contributed by atoms with Gasteiger partial charge in [-0.1, -0.05) is 36.4 Å². The number of rotatable bonds is 5. The van der Waals surface area contributed by atoms with Crippen LogP contribution in [0.3, 0.4) is 0 Å². The van der Waals surface area contributed by atoms with E-state index >= 15 is 0 Å². The second kappa shape index (κ2) is 7.81. The summed E-state index contributed by atoms with van der Waals surface area (Å²) >= 11 is 0. The second-order valence-corrected chi connectivity index (χ2v) is 8.42. The van der Waals surface area contributed by atoms with Crippen LogP contribution < -0.4 is 4.72 Å². The van der Waals surface area contributed by atoms with Crippen molar-refractivity contribution in [2.45, 2.75) is 4.90 Å². The molecule has 0 fully saturated rings. The van der Waals surface area contributed by atoms with Gasteiger partial charge >= 0.3 is 0 Å². The Morgan fingerprint density at radius 2 is 1.77 bits per heavy atom. The molecule has 0 unspecified atom stereocenters. The van der Waals surface area contributed by atoms with Crippen molar-refractivity contribution in [2.24, 2.45) is 0 Å². The molecule has 0 aliphatic rings. The predicted molar refractivity (Wildman–Crippen MR) is 113 cm³/mol. The molecule has 2 N–H and O–H groups in total. The molecular weight excluding hydrogens is 408 g/mol. The van der Waals surface area contributed by atoms with Crippen LogP contribution >= 0.6 is 0 Å². The van der Waals surface area contributed by atoms with E-state index in [-0.39, 0.29) is 4.90 Å². The van der Waals surface area contributed by atoms with Gasteiger partial charge in [-0.3, -0.25) is 0 Å². The smallest absolute Gasteiger partial charge is 0.240 e. The first kappa shape index (κ1) is 19.9. The molecule has 0 saturated heterocycles. The van der Waals surface area contributed by atoms with Gasteiger partial charge in [-0.05, 0) is 54.6 Å². The molecule has 3 aromatic carbocycles. The van der Waals surface area contributed by atoms with Crippen LogP contribution in [0.15, 0.2) is 65.6 Å². The van der Waals surface area contributed by atoms with Crippen molar-refractivity contribution < 1.29 is 17.2 Å². The van der Waals surface area contributed by atoms with Crippen molar-refractivity contribution in [3.8, 4) is 11.1 Å². The summed E-state index contributed by atoms with van der Waals surface area (Å²) in [5.74, 6) is -1.28. The van der Waals surface area contributed by atoms with Gasteiger partial charge in [-0.15, -0.1) is 0 Å². The van der Waals surface area contributed by atoms with Crippen LogP contribution in [-0.2, 0) is 10.0 Å². The Labute approximate surface area is 172 Å².